The maximum absolute atomic E-state index is 13.5. The molecule has 0 spiro atoms. The zero-order valence-electron chi connectivity index (χ0n) is 16.1. The topological polar surface area (TPSA) is 97.4 Å². The number of halogens is 5. The normalized spacial score (nSPS) is 18.9. The zero-order valence-corrected chi connectivity index (χ0v) is 16.9. The predicted molar refractivity (Wildman–Crippen MR) is 101 cm³/mol. The number of alkyl halides is 5. The van der Waals surface area contributed by atoms with Crippen LogP contribution in [0.5, 0.6) is 5.75 Å². The van der Waals surface area contributed by atoms with E-state index in [1.54, 1.807) is 0 Å². The highest BCUT2D eigenvalue weighted by Gasteiger charge is 2.35. The maximum atomic E-state index is 13.5. The number of carbonyl (C=O) groups excluding carboxylic acids is 1. The average molecular weight is 467 g/mol. The number of amides is 1. The van der Waals surface area contributed by atoms with E-state index in [9.17, 15) is 35.2 Å². The van der Waals surface area contributed by atoms with Gasteiger partial charge in [-0.3, -0.25) is 4.79 Å². The Bertz CT molecular complexity index is 1110. The van der Waals surface area contributed by atoms with Gasteiger partial charge in [-0.2, -0.15) is 22.0 Å². The van der Waals surface area contributed by atoms with E-state index in [1.807, 2.05) is 0 Å². The Balaban J connectivity index is 1.92. The SMILES string of the molecule is Cc1cc(C(=O)NCC2CS(=O)(=O)CCN2)nc2c(C(F)(F)F)cc(OC(F)F)cc12. The van der Waals surface area contributed by atoms with Crippen LogP contribution < -0.4 is 15.4 Å². The van der Waals surface area contributed by atoms with E-state index in [2.05, 4.69) is 20.4 Å². The number of aryl methyl sites for hydroxylation is 1. The van der Waals surface area contributed by atoms with Crippen molar-refractivity contribution in [2.24, 2.45) is 0 Å². The summed E-state index contributed by atoms with van der Waals surface area (Å²) in [4.78, 5) is 16.3. The summed E-state index contributed by atoms with van der Waals surface area (Å²) in [7, 11) is -3.23. The molecule has 2 heterocycles. The van der Waals surface area contributed by atoms with Gasteiger partial charge in [-0.1, -0.05) is 0 Å². The molecule has 0 bridgehead atoms. The zero-order chi connectivity index (χ0) is 23.0. The highest BCUT2D eigenvalue weighted by Crippen LogP contribution is 2.38. The number of sulfone groups is 1. The van der Waals surface area contributed by atoms with Crippen LogP contribution in [0, 0.1) is 6.92 Å². The van der Waals surface area contributed by atoms with Gasteiger partial charge >= 0.3 is 12.8 Å². The lowest BCUT2D eigenvalue weighted by Gasteiger charge is -2.23. The Morgan fingerprint density at radius 1 is 1.32 bits per heavy atom. The van der Waals surface area contributed by atoms with Gasteiger partial charge in [0.2, 0.25) is 0 Å². The number of pyridine rings is 1. The molecule has 0 saturated carbocycles. The molecular weight excluding hydrogens is 449 g/mol. The Kier molecular flexibility index (Phi) is 6.37. The summed E-state index contributed by atoms with van der Waals surface area (Å²) >= 11 is 0. The summed E-state index contributed by atoms with van der Waals surface area (Å²) in [5.74, 6) is -1.67. The van der Waals surface area contributed by atoms with Crippen molar-refractivity contribution in [3.63, 3.8) is 0 Å². The molecule has 1 atom stereocenters. The smallest absolute Gasteiger partial charge is 0.418 e. The van der Waals surface area contributed by atoms with E-state index in [0.29, 0.717) is 6.07 Å². The number of rotatable bonds is 5. The Hall–Kier alpha value is -2.54. The first kappa shape index (κ1) is 23.1. The van der Waals surface area contributed by atoms with Crippen molar-refractivity contribution < 1.29 is 39.9 Å². The van der Waals surface area contributed by atoms with Crippen LogP contribution in [0.3, 0.4) is 0 Å². The molecule has 31 heavy (non-hydrogen) atoms. The van der Waals surface area contributed by atoms with E-state index >= 15 is 0 Å². The number of aromatic nitrogens is 1. The number of nitrogens with zero attached hydrogens (tertiary/aromatic N) is 1. The molecule has 1 unspecified atom stereocenters. The van der Waals surface area contributed by atoms with Crippen molar-refractivity contribution in [2.45, 2.75) is 25.8 Å². The van der Waals surface area contributed by atoms with Gasteiger partial charge in [0.15, 0.2) is 9.84 Å². The van der Waals surface area contributed by atoms with E-state index in [1.165, 1.54) is 13.0 Å². The molecule has 2 aromatic rings. The Labute approximate surface area is 173 Å². The van der Waals surface area contributed by atoms with Crippen LogP contribution in [0.25, 0.3) is 10.9 Å². The molecule has 1 aromatic heterocycles. The van der Waals surface area contributed by atoms with Crippen LogP contribution in [0.15, 0.2) is 18.2 Å². The molecular formula is C18H18F5N3O4S. The van der Waals surface area contributed by atoms with E-state index in [0.717, 1.165) is 6.07 Å². The standard InChI is InChI=1S/C18H18F5N3O4S/c1-9-4-14(16(27)25-7-10-8-31(28,29)3-2-24-10)26-15-12(9)5-11(30-17(19)20)6-13(15)18(21,22)23/h4-6,10,17,24H,2-3,7-8H2,1H3,(H,25,27). The van der Waals surface area contributed by atoms with Gasteiger partial charge in [0, 0.05) is 24.5 Å². The molecule has 0 radical (unpaired) electrons. The second-order valence-corrected chi connectivity index (χ2v) is 9.27. The average Bonchev–Trinajstić information content (AvgIpc) is 2.64. The molecule has 3 rings (SSSR count). The summed E-state index contributed by atoms with van der Waals surface area (Å²) in [6.45, 7) is -1.74. The van der Waals surface area contributed by atoms with Gasteiger partial charge in [-0.05, 0) is 30.7 Å². The summed E-state index contributed by atoms with van der Waals surface area (Å²) in [6.07, 6.45) is -4.94. The van der Waals surface area contributed by atoms with Gasteiger partial charge in [0.05, 0.1) is 22.6 Å². The molecule has 0 aliphatic carbocycles. The first-order valence-electron chi connectivity index (χ1n) is 9.05. The monoisotopic (exact) mass is 467 g/mol. The molecule has 13 heteroatoms. The van der Waals surface area contributed by atoms with Crippen LogP contribution in [-0.2, 0) is 16.0 Å². The van der Waals surface area contributed by atoms with Crippen LogP contribution in [-0.4, -0.2) is 56.6 Å². The van der Waals surface area contributed by atoms with E-state index in [-0.39, 0.29) is 41.2 Å². The number of hydrogen-bond donors (Lipinski definition) is 2. The second-order valence-electron chi connectivity index (χ2n) is 7.04. The number of benzene rings is 1. The quantitative estimate of drug-likeness (QED) is 0.655. The fraction of sp³-hybridized carbons (Fsp3) is 0.444. The van der Waals surface area contributed by atoms with E-state index < -0.39 is 51.4 Å². The third-order valence-corrected chi connectivity index (χ3v) is 6.40. The van der Waals surface area contributed by atoms with Crippen molar-refractivity contribution in [3.05, 3.63) is 35.0 Å². The van der Waals surface area contributed by atoms with Crippen LogP contribution >= 0.6 is 0 Å². The maximum Gasteiger partial charge on any atom is 0.418 e. The first-order chi connectivity index (χ1) is 14.4. The highest BCUT2D eigenvalue weighted by atomic mass is 32.2. The molecule has 1 amide bonds. The van der Waals surface area contributed by atoms with Crippen molar-refractivity contribution in [2.75, 3.05) is 24.6 Å². The van der Waals surface area contributed by atoms with Crippen LogP contribution in [0.2, 0.25) is 0 Å². The van der Waals surface area contributed by atoms with Gasteiger partial charge in [0.1, 0.15) is 11.4 Å². The van der Waals surface area contributed by atoms with E-state index in [4.69, 9.17) is 0 Å². The summed E-state index contributed by atoms with van der Waals surface area (Å²) < 4.78 is 93.0. The molecule has 1 fully saturated rings. The number of carbonyl (C=O) groups is 1. The lowest BCUT2D eigenvalue weighted by Crippen LogP contribution is -2.50. The molecule has 2 N–H and O–H groups in total. The molecule has 1 aliphatic heterocycles. The van der Waals surface area contributed by atoms with Crippen LogP contribution in [0.1, 0.15) is 21.6 Å². The largest absolute Gasteiger partial charge is 0.435 e. The number of nitrogens with one attached hydrogen (secondary N) is 2. The van der Waals surface area contributed by atoms with Gasteiger partial charge < -0.3 is 15.4 Å². The third-order valence-electron chi connectivity index (χ3n) is 4.67. The second kappa shape index (κ2) is 8.54. The minimum atomic E-state index is -4.94. The van der Waals surface area contributed by atoms with Crippen LogP contribution in [0.4, 0.5) is 22.0 Å². The highest BCUT2D eigenvalue weighted by molar-refractivity contribution is 7.91. The fourth-order valence-corrected chi connectivity index (χ4v) is 4.72. The molecule has 1 aliphatic rings. The summed E-state index contributed by atoms with van der Waals surface area (Å²) in [5.41, 5.74) is -2.04. The molecule has 7 nitrogen and oxygen atoms in total. The summed E-state index contributed by atoms with van der Waals surface area (Å²) in [6, 6.07) is 2.08. The predicted octanol–water partition coefficient (Wildman–Crippen LogP) is 2.28. The van der Waals surface area contributed by atoms with Gasteiger partial charge in [0.25, 0.3) is 5.91 Å². The van der Waals surface area contributed by atoms with Gasteiger partial charge in [-0.15, -0.1) is 0 Å². The van der Waals surface area contributed by atoms with Gasteiger partial charge in [-0.25, -0.2) is 13.4 Å². The fourth-order valence-electron chi connectivity index (χ4n) is 3.27. The number of hydrogen-bond acceptors (Lipinski definition) is 6. The van der Waals surface area contributed by atoms with Crippen molar-refractivity contribution in [1.29, 1.82) is 0 Å². The summed E-state index contributed by atoms with van der Waals surface area (Å²) in [5, 5.41) is 5.30. The minimum Gasteiger partial charge on any atom is -0.435 e. The van der Waals surface area contributed by atoms with Crippen molar-refractivity contribution in [1.82, 2.24) is 15.6 Å². The number of fused-ring (bicyclic) bond motifs is 1. The molecule has 1 aromatic carbocycles. The Morgan fingerprint density at radius 3 is 2.65 bits per heavy atom. The molecule has 170 valence electrons. The first-order valence-corrected chi connectivity index (χ1v) is 10.9. The lowest BCUT2D eigenvalue weighted by atomic mass is 10.0. The number of ether oxygens (including phenoxy) is 1. The lowest BCUT2D eigenvalue weighted by molar-refractivity contribution is -0.136. The third kappa shape index (κ3) is 5.58. The Morgan fingerprint density at radius 2 is 2.03 bits per heavy atom. The van der Waals surface area contributed by atoms with Crippen molar-refractivity contribution in [3.8, 4) is 5.75 Å². The van der Waals surface area contributed by atoms with Crippen molar-refractivity contribution >= 4 is 26.6 Å². The molecule has 1 saturated heterocycles. The minimum absolute atomic E-state index is 0.0135.